The fourth-order valence-electron chi connectivity index (χ4n) is 3.21. The number of nitrogen functional groups attached to an aromatic ring is 1. The van der Waals surface area contributed by atoms with E-state index in [4.69, 9.17) is 5.73 Å². The van der Waals surface area contributed by atoms with Gasteiger partial charge in [0.25, 0.3) is 0 Å². The van der Waals surface area contributed by atoms with Crippen molar-refractivity contribution in [2.75, 3.05) is 12.8 Å². The Hall–Kier alpha value is -3.61. The molecule has 1 amide bonds. The first-order valence-electron chi connectivity index (χ1n) is 10.1. The van der Waals surface area contributed by atoms with Crippen molar-refractivity contribution in [3.8, 4) is 11.1 Å². The van der Waals surface area contributed by atoms with Crippen molar-refractivity contribution in [3.05, 3.63) is 77.5 Å². The molecule has 2 N–H and O–H groups in total. The molecule has 0 bridgehead atoms. The van der Waals surface area contributed by atoms with Gasteiger partial charge < -0.3 is 10.6 Å². The van der Waals surface area contributed by atoms with Crippen LogP contribution in [0.15, 0.2) is 54.9 Å². The van der Waals surface area contributed by atoms with E-state index in [1.54, 1.807) is 55.4 Å². The van der Waals surface area contributed by atoms with Crippen molar-refractivity contribution in [2.45, 2.75) is 32.7 Å². The summed E-state index contributed by atoms with van der Waals surface area (Å²) in [4.78, 5) is 33.9. The molecule has 2 heterocycles. The molecule has 0 aliphatic heterocycles. The Morgan fingerprint density at radius 3 is 2.42 bits per heavy atom. The number of pyridine rings is 2. The number of halogens is 1. The molecule has 0 atom stereocenters. The smallest absolute Gasteiger partial charge is 0.222 e. The predicted molar refractivity (Wildman–Crippen MR) is 118 cm³/mol. The number of aromatic nitrogens is 2. The second-order valence-corrected chi connectivity index (χ2v) is 7.36. The van der Waals surface area contributed by atoms with Crippen LogP contribution >= 0.6 is 0 Å². The highest BCUT2D eigenvalue weighted by atomic mass is 19.1. The molecule has 0 fully saturated rings. The van der Waals surface area contributed by atoms with Crippen LogP contribution in [0, 0.1) is 5.82 Å². The van der Waals surface area contributed by atoms with Crippen molar-refractivity contribution < 1.29 is 14.0 Å². The van der Waals surface area contributed by atoms with Crippen molar-refractivity contribution in [2.24, 2.45) is 0 Å². The van der Waals surface area contributed by atoms with Crippen molar-refractivity contribution in [3.63, 3.8) is 0 Å². The number of rotatable bonds is 8. The molecule has 0 radical (unpaired) electrons. The number of hydrogen-bond acceptors (Lipinski definition) is 5. The number of nitrogens with zero attached hydrogens (tertiary/aromatic N) is 3. The molecule has 0 saturated carbocycles. The van der Waals surface area contributed by atoms with E-state index in [-0.39, 0.29) is 11.7 Å². The molecule has 7 heteroatoms. The van der Waals surface area contributed by atoms with Crippen molar-refractivity contribution in [1.29, 1.82) is 0 Å². The minimum Gasteiger partial charge on any atom is -0.384 e. The zero-order valence-corrected chi connectivity index (χ0v) is 17.6. The maximum Gasteiger partial charge on any atom is 0.222 e. The largest absolute Gasteiger partial charge is 0.384 e. The summed E-state index contributed by atoms with van der Waals surface area (Å²) in [5, 5.41) is 0. The molecule has 0 saturated heterocycles. The lowest BCUT2D eigenvalue weighted by atomic mass is 10.0. The number of hydrogen-bond donors (Lipinski definition) is 1. The summed E-state index contributed by atoms with van der Waals surface area (Å²) in [6, 6.07) is 11.7. The van der Waals surface area contributed by atoms with Gasteiger partial charge in [0.2, 0.25) is 5.91 Å². The Labute approximate surface area is 180 Å². The maximum atomic E-state index is 14.7. The summed E-state index contributed by atoms with van der Waals surface area (Å²) in [7, 11) is 1.70. The SMILES string of the molecule is CCC(=O)N(C)Cc1ccc(-c2ccc(C(=O)CCc3ccc(N)nc3)nc2)c(F)c1. The Morgan fingerprint density at radius 2 is 1.81 bits per heavy atom. The fraction of sp³-hybridized carbons (Fsp3) is 0.250. The lowest BCUT2D eigenvalue weighted by Gasteiger charge is -2.16. The molecule has 31 heavy (non-hydrogen) atoms. The van der Waals surface area contributed by atoms with Gasteiger partial charge in [-0.2, -0.15) is 0 Å². The van der Waals surface area contributed by atoms with E-state index in [2.05, 4.69) is 9.97 Å². The highest BCUT2D eigenvalue weighted by Crippen LogP contribution is 2.24. The molecule has 0 spiro atoms. The lowest BCUT2D eigenvalue weighted by molar-refractivity contribution is -0.130. The Bertz CT molecular complexity index is 1070. The molecule has 1 aromatic carbocycles. The van der Waals surface area contributed by atoms with E-state index >= 15 is 0 Å². The van der Waals surface area contributed by atoms with Gasteiger partial charge in [0.1, 0.15) is 17.3 Å². The monoisotopic (exact) mass is 420 g/mol. The molecule has 6 nitrogen and oxygen atoms in total. The minimum atomic E-state index is -0.397. The normalized spacial score (nSPS) is 10.7. The van der Waals surface area contributed by atoms with Crippen LogP contribution in [0.3, 0.4) is 0 Å². The van der Waals surface area contributed by atoms with Gasteiger partial charge in [0.05, 0.1) is 0 Å². The van der Waals surface area contributed by atoms with Gasteiger partial charge in [-0.25, -0.2) is 9.37 Å². The topological polar surface area (TPSA) is 89.2 Å². The standard InChI is InChI=1S/C24H25FN4O2/c1-3-24(31)29(2)15-17-4-8-19(20(25)12-17)18-7-9-21(27-14-18)22(30)10-5-16-6-11-23(26)28-13-16/h4,6-9,11-14H,3,5,10,15H2,1-2H3,(H2,26,28). The first-order chi connectivity index (χ1) is 14.9. The van der Waals surface area contributed by atoms with Crippen LogP contribution in [-0.4, -0.2) is 33.6 Å². The molecule has 0 unspecified atom stereocenters. The van der Waals surface area contributed by atoms with Gasteiger partial charge in [0.15, 0.2) is 5.78 Å². The molecular formula is C24H25FN4O2. The second kappa shape index (κ2) is 9.93. The zero-order chi connectivity index (χ0) is 22.4. The number of nitrogens with two attached hydrogens (primary N) is 1. The van der Waals surface area contributed by atoms with Gasteiger partial charge in [-0.3, -0.25) is 14.6 Å². The van der Waals surface area contributed by atoms with Gasteiger partial charge >= 0.3 is 0 Å². The van der Waals surface area contributed by atoms with E-state index in [0.717, 1.165) is 5.56 Å². The third kappa shape index (κ3) is 5.72. The first-order valence-corrected chi connectivity index (χ1v) is 10.1. The van der Waals surface area contributed by atoms with Gasteiger partial charge in [-0.1, -0.05) is 31.2 Å². The third-order valence-corrected chi connectivity index (χ3v) is 5.03. The zero-order valence-electron chi connectivity index (χ0n) is 17.6. The molecule has 3 rings (SSSR count). The van der Waals surface area contributed by atoms with Crippen LogP contribution in [0.1, 0.15) is 41.4 Å². The summed E-state index contributed by atoms with van der Waals surface area (Å²) < 4.78 is 14.7. The number of anilines is 1. The average Bonchev–Trinajstić information content (AvgIpc) is 2.78. The maximum absolute atomic E-state index is 14.7. The molecule has 0 aliphatic carbocycles. The van der Waals surface area contributed by atoms with Crippen LogP contribution in [0.5, 0.6) is 0 Å². The number of benzene rings is 1. The van der Waals surface area contributed by atoms with Gasteiger partial charge in [-0.05, 0) is 35.7 Å². The van der Waals surface area contributed by atoms with E-state index in [1.165, 1.54) is 12.3 Å². The number of aryl methyl sites for hydroxylation is 1. The predicted octanol–water partition coefficient (Wildman–Crippen LogP) is 4.05. The summed E-state index contributed by atoms with van der Waals surface area (Å²) in [6.07, 6.45) is 4.40. The van der Waals surface area contributed by atoms with E-state index in [0.29, 0.717) is 54.0 Å². The van der Waals surface area contributed by atoms with Crippen molar-refractivity contribution in [1.82, 2.24) is 14.9 Å². The van der Waals surface area contributed by atoms with Crippen LogP contribution < -0.4 is 5.73 Å². The van der Waals surface area contributed by atoms with Gasteiger partial charge in [-0.15, -0.1) is 0 Å². The van der Waals surface area contributed by atoms with E-state index in [1.807, 2.05) is 6.07 Å². The molecule has 2 aromatic heterocycles. The average molecular weight is 420 g/mol. The summed E-state index contributed by atoms with van der Waals surface area (Å²) in [6.45, 7) is 2.14. The number of carbonyl (C=O) groups is 2. The van der Waals surface area contributed by atoms with E-state index < -0.39 is 5.82 Å². The Kier molecular flexibility index (Phi) is 7.07. The number of Topliss-reactive ketones (excluding diaryl/α,β-unsaturated/α-hetero) is 1. The quantitative estimate of drug-likeness (QED) is 0.556. The highest BCUT2D eigenvalue weighted by molar-refractivity contribution is 5.94. The molecule has 0 aliphatic rings. The minimum absolute atomic E-state index is 0.00148. The Balaban J connectivity index is 1.65. The molecule has 3 aromatic rings. The highest BCUT2D eigenvalue weighted by Gasteiger charge is 2.12. The first kappa shape index (κ1) is 22.1. The van der Waals surface area contributed by atoms with Crippen LogP contribution in [0.2, 0.25) is 0 Å². The lowest BCUT2D eigenvalue weighted by Crippen LogP contribution is -2.25. The van der Waals surface area contributed by atoms with Crippen LogP contribution in [0.4, 0.5) is 10.2 Å². The number of amides is 1. The van der Waals surface area contributed by atoms with Crippen LogP contribution in [0.25, 0.3) is 11.1 Å². The van der Waals surface area contributed by atoms with Crippen LogP contribution in [-0.2, 0) is 17.8 Å². The van der Waals surface area contributed by atoms with Gasteiger partial charge in [0, 0.05) is 50.0 Å². The summed E-state index contributed by atoms with van der Waals surface area (Å²) in [5.74, 6) is -0.0509. The number of ketones is 1. The summed E-state index contributed by atoms with van der Waals surface area (Å²) in [5.41, 5.74) is 8.51. The van der Waals surface area contributed by atoms with Crippen molar-refractivity contribution >= 4 is 17.5 Å². The Morgan fingerprint density at radius 1 is 1.03 bits per heavy atom. The third-order valence-electron chi connectivity index (χ3n) is 5.03. The molecule has 160 valence electrons. The number of carbonyl (C=O) groups excluding carboxylic acids is 2. The summed E-state index contributed by atoms with van der Waals surface area (Å²) >= 11 is 0. The van der Waals surface area contributed by atoms with E-state index in [9.17, 15) is 14.0 Å². The molecular weight excluding hydrogens is 395 g/mol. The second-order valence-electron chi connectivity index (χ2n) is 7.36. The fourth-order valence-corrected chi connectivity index (χ4v) is 3.21.